The van der Waals surface area contributed by atoms with E-state index < -0.39 is 0 Å². The SMILES string of the molecule is COC[C@H](C)N(Cc1cn(C)nc1C)Cc1ccc(OC)c2ccccc12. The monoisotopic (exact) mass is 367 g/mol. The number of hydrogen-bond acceptors (Lipinski definition) is 4. The second-order valence-electron chi connectivity index (χ2n) is 7.10. The molecule has 1 heterocycles. The molecule has 0 N–H and O–H groups in total. The smallest absolute Gasteiger partial charge is 0.126 e. The minimum Gasteiger partial charge on any atom is -0.496 e. The first-order valence-corrected chi connectivity index (χ1v) is 9.30. The van der Waals surface area contributed by atoms with Crippen molar-refractivity contribution >= 4 is 10.8 Å². The lowest BCUT2D eigenvalue weighted by atomic mass is 10.0. The summed E-state index contributed by atoms with van der Waals surface area (Å²) in [6.07, 6.45) is 2.11. The van der Waals surface area contributed by atoms with E-state index in [9.17, 15) is 0 Å². The Labute approximate surface area is 161 Å². The Bertz CT molecular complexity index is 904. The maximum absolute atomic E-state index is 5.54. The van der Waals surface area contributed by atoms with E-state index in [0.29, 0.717) is 6.61 Å². The Hall–Kier alpha value is -2.37. The van der Waals surface area contributed by atoms with E-state index in [1.165, 1.54) is 16.5 Å². The summed E-state index contributed by atoms with van der Waals surface area (Å²) in [7, 11) is 5.45. The highest BCUT2D eigenvalue weighted by molar-refractivity contribution is 5.91. The molecule has 0 radical (unpaired) electrons. The molecule has 0 amide bonds. The highest BCUT2D eigenvalue weighted by atomic mass is 16.5. The lowest BCUT2D eigenvalue weighted by Crippen LogP contribution is -2.35. The summed E-state index contributed by atoms with van der Waals surface area (Å²) in [6.45, 7) is 6.64. The van der Waals surface area contributed by atoms with Gasteiger partial charge in [0.05, 0.1) is 19.4 Å². The second-order valence-corrected chi connectivity index (χ2v) is 7.10. The van der Waals surface area contributed by atoms with Crippen LogP contribution in [-0.2, 0) is 24.9 Å². The molecule has 5 nitrogen and oxygen atoms in total. The van der Waals surface area contributed by atoms with Crippen LogP contribution < -0.4 is 4.74 Å². The Morgan fingerprint density at radius 3 is 2.37 bits per heavy atom. The van der Waals surface area contributed by atoms with Gasteiger partial charge < -0.3 is 9.47 Å². The van der Waals surface area contributed by atoms with Gasteiger partial charge in [0.1, 0.15) is 5.75 Å². The van der Waals surface area contributed by atoms with Crippen molar-refractivity contribution in [2.75, 3.05) is 20.8 Å². The van der Waals surface area contributed by atoms with Crippen molar-refractivity contribution in [3.8, 4) is 5.75 Å². The van der Waals surface area contributed by atoms with Crippen LogP contribution in [0.15, 0.2) is 42.6 Å². The Morgan fingerprint density at radius 2 is 1.74 bits per heavy atom. The molecule has 5 heteroatoms. The van der Waals surface area contributed by atoms with Gasteiger partial charge in [0.25, 0.3) is 0 Å². The molecule has 0 aliphatic carbocycles. The van der Waals surface area contributed by atoms with Gasteiger partial charge in [-0.25, -0.2) is 0 Å². The fourth-order valence-electron chi connectivity index (χ4n) is 3.61. The van der Waals surface area contributed by atoms with Gasteiger partial charge in [-0.05, 0) is 30.9 Å². The number of hydrogen-bond donors (Lipinski definition) is 0. The van der Waals surface area contributed by atoms with Gasteiger partial charge in [-0.3, -0.25) is 9.58 Å². The van der Waals surface area contributed by atoms with Crippen molar-refractivity contribution in [2.45, 2.75) is 33.0 Å². The molecule has 0 saturated heterocycles. The molecule has 0 fully saturated rings. The zero-order valence-electron chi connectivity index (χ0n) is 16.9. The standard InChI is InChI=1S/C22H29N3O2/c1-16(15-26-4)25(14-19-12-24(3)23-17(19)2)13-18-10-11-22(27-5)21-9-7-6-8-20(18)21/h6-12,16H,13-15H2,1-5H3/t16-/m0/s1. The average Bonchev–Trinajstić information content (AvgIpc) is 2.98. The van der Waals surface area contributed by atoms with Crippen LogP contribution in [0.1, 0.15) is 23.7 Å². The number of ether oxygens (including phenoxy) is 2. The van der Waals surface area contributed by atoms with Crippen LogP contribution in [0.2, 0.25) is 0 Å². The van der Waals surface area contributed by atoms with E-state index in [-0.39, 0.29) is 6.04 Å². The second kappa shape index (κ2) is 8.55. The van der Waals surface area contributed by atoms with Crippen molar-refractivity contribution in [3.05, 3.63) is 59.4 Å². The molecule has 1 aromatic heterocycles. The maximum Gasteiger partial charge on any atom is 0.126 e. The molecule has 0 aliphatic rings. The van der Waals surface area contributed by atoms with Crippen molar-refractivity contribution < 1.29 is 9.47 Å². The van der Waals surface area contributed by atoms with E-state index in [1.807, 2.05) is 11.7 Å². The molecule has 0 unspecified atom stereocenters. The van der Waals surface area contributed by atoms with E-state index in [2.05, 4.69) is 66.4 Å². The summed E-state index contributed by atoms with van der Waals surface area (Å²) in [5, 5.41) is 6.87. The number of benzene rings is 2. The minimum atomic E-state index is 0.287. The summed E-state index contributed by atoms with van der Waals surface area (Å²) < 4.78 is 12.9. The van der Waals surface area contributed by atoms with Crippen molar-refractivity contribution in [2.24, 2.45) is 7.05 Å². The maximum atomic E-state index is 5.54. The summed E-state index contributed by atoms with van der Waals surface area (Å²) in [5.74, 6) is 0.911. The van der Waals surface area contributed by atoms with Gasteiger partial charge in [-0.15, -0.1) is 0 Å². The zero-order chi connectivity index (χ0) is 19.4. The van der Waals surface area contributed by atoms with Gasteiger partial charge in [0.2, 0.25) is 0 Å². The third kappa shape index (κ3) is 4.31. The van der Waals surface area contributed by atoms with Crippen molar-refractivity contribution in [3.63, 3.8) is 0 Å². The van der Waals surface area contributed by atoms with Crippen molar-refractivity contribution in [1.29, 1.82) is 0 Å². The molecule has 1 atom stereocenters. The third-order valence-corrected chi connectivity index (χ3v) is 5.09. The molecule has 0 bridgehead atoms. The number of aromatic nitrogens is 2. The van der Waals surface area contributed by atoms with Crippen LogP contribution in [0.3, 0.4) is 0 Å². The number of aryl methyl sites for hydroxylation is 2. The number of rotatable bonds is 8. The van der Waals surface area contributed by atoms with E-state index in [0.717, 1.165) is 29.9 Å². The lowest BCUT2D eigenvalue weighted by Gasteiger charge is -2.29. The largest absolute Gasteiger partial charge is 0.496 e. The topological polar surface area (TPSA) is 39.5 Å². The van der Waals surface area contributed by atoms with Crippen molar-refractivity contribution in [1.82, 2.24) is 14.7 Å². The molecule has 27 heavy (non-hydrogen) atoms. The summed E-state index contributed by atoms with van der Waals surface area (Å²) in [6, 6.07) is 12.9. The van der Waals surface area contributed by atoms with Crippen LogP contribution in [0.5, 0.6) is 5.75 Å². The van der Waals surface area contributed by atoms with Crippen LogP contribution in [0.25, 0.3) is 10.8 Å². The third-order valence-electron chi connectivity index (χ3n) is 5.09. The van der Waals surface area contributed by atoms with Crippen LogP contribution >= 0.6 is 0 Å². The van der Waals surface area contributed by atoms with Crippen LogP contribution in [0.4, 0.5) is 0 Å². The van der Waals surface area contributed by atoms with Crippen LogP contribution in [-0.4, -0.2) is 41.5 Å². The molecule has 0 aliphatic heterocycles. The Morgan fingerprint density at radius 1 is 1.04 bits per heavy atom. The normalized spacial score (nSPS) is 12.7. The molecule has 3 rings (SSSR count). The van der Waals surface area contributed by atoms with Gasteiger partial charge in [0, 0.05) is 50.4 Å². The predicted molar refractivity (Wildman–Crippen MR) is 109 cm³/mol. The average molecular weight is 367 g/mol. The molecule has 3 aromatic rings. The number of fused-ring (bicyclic) bond motifs is 1. The van der Waals surface area contributed by atoms with E-state index in [4.69, 9.17) is 9.47 Å². The zero-order valence-corrected chi connectivity index (χ0v) is 16.9. The fourth-order valence-corrected chi connectivity index (χ4v) is 3.61. The number of methoxy groups -OCH3 is 2. The summed E-state index contributed by atoms with van der Waals surface area (Å²) >= 11 is 0. The van der Waals surface area contributed by atoms with E-state index >= 15 is 0 Å². The minimum absolute atomic E-state index is 0.287. The Kier molecular flexibility index (Phi) is 6.14. The molecule has 0 saturated carbocycles. The quantitative estimate of drug-likeness (QED) is 0.605. The molecule has 2 aromatic carbocycles. The van der Waals surface area contributed by atoms with Gasteiger partial charge >= 0.3 is 0 Å². The predicted octanol–water partition coefficient (Wildman–Crippen LogP) is 3.93. The summed E-state index contributed by atoms with van der Waals surface area (Å²) in [4.78, 5) is 2.45. The first kappa shape index (κ1) is 19.4. The Balaban J connectivity index is 1.94. The van der Waals surface area contributed by atoms with Gasteiger partial charge in [-0.1, -0.05) is 30.3 Å². The first-order valence-electron chi connectivity index (χ1n) is 9.30. The highest BCUT2D eigenvalue weighted by Crippen LogP contribution is 2.29. The van der Waals surface area contributed by atoms with Crippen LogP contribution in [0, 0.1) is 6.92 Å². The molecule has 0 spiro atoms. The fraction of sp³-hybridized carbons (Fsp3) is 0.409. The molecule has 144 valence electrons. The lowest BCUT2D eigenvalue weighted by molar-refractivity contribution is 0.0896. The van der Waals surface area contributed by atoms with Gasteiger partial charge in [0.15, 0.2) is 0 Å². The molecular weight excluding hydrogens is 338 g/mol. The number of nitrogens with zero attached hydrogens (tertiary/aromatic N) is 3. The molecular formula is C22H29N3O2. The van der Waals surface area contributed by atoms with E-state index in [1.54, 1.807) is 14.2 Å². The first-order chi connectivity index (χ1) is 13.0. The van der Waals surface area contributed by atoms with Gasteiger partial charge in [-0.2, -0.15) is 5.10 Å². The highest BCUT2D eigenvalue weighted by Gasteiger charge is 2.18. The summed E-state index contributed by atoms with van der Waals surface area (Å²) in [5.41, 5.74) is 3.61.